The Hall–Kier alpha value is -2.67. The molecule has 3 heterocycles. The van der Waals surface area contributed by atoms with Gasteiger partial charge in [-0.15, -0.1) is 0 Å². The first-order valence-corrected chi connectivity index (χ1v) is 10.5. The molecule has 0 bridgehead atoms. The van der Waals surface area contributed by atoms with Crippen LogP contribution in [0.4, 0.5) is 0 Å². The number of aryl methyl sites for hydroxylation is 1. The lowest BCUT2D eigenvalue weighted by molar-refractivity contribution is -0.121. The first kappa shape index (κ1) is 19.6. The van der Waals surface area contributed by atoms with Crippen LogP contribution in [-0.4, -0.2) is 51.8 Å². The Labute approximate surface area is 170 Å². The summed E-state index contributed by atoms with van der Waals surface area (Å²) in [5, 5.41) is 8.91. The number of fused-ring (bicyclic) bond motifs is 3. The van der Waals surface area contributed by atoms with Gasteiger partial charge in [-0.1, -0.05) is 18.6 Å². The molecule has 1 fully saturated rings. The Bertz CT molecular complexity index is 1080. The SMILES string of the molecule is Cc1ccc2[nH]c3c(=O)n(CC(=O)NCCCN4CCC(C)CC4)ncc3c2c1. The van der Waals surface area contributed by atoms with Crippen LogP contribution in [0.1, 0.15) is 31.7 Å². The van der Waals surface area contributed by atoms with Crippen molar-refractivity contribution in [2.24, 2.45) is 5.92 Å². The third kappa shape index (κ3) is 4.34. The minimum absolute atomic E-state index is 0.0651. The Kier molecular flexibility index (Phi) is 5.67. The normalized spacial score (nSPS) is 15.9. The van der Waals surface area contributed by atoms with Gasteiger partial charge in [0.2, 0.25) is 5.91 Å². The zero-order valence-electron chi connectivity index (χ0n) is 17.2. The van der Waals surface area contributed by atoms with Gasteiger partial charge >= 0.3 is 0 Å². The summed E-state index contributed by atoms with van der Waals surface area (Å²) in [5.41, 5.74) is 2.25. The summed E-state index contributed by atoms with van der Waals surface area (Å²) in [6.07, 6.45) is 5.11. The highest BCUT2D eigenvalue weighted by Gasteiger charge is 2.15. The number of likely N-dealkylation sites (tertiary alicyclic amines) is 1. The fourth-order valence-corrected chi connectivity index (χ4v) is 4.06. The first-order chi connectivity index (χ1) is 14.0. The Morgan fingerprint density at radius 3 is 2.86 bits per heavy atom. The second kappa shape index (κ2) is 8.37. The molecule has 154 valence electrons. The lowest BCUT2D eigenvalue weighted by atomic mass is 9.99. The van der Waals surface area contributed by atoms with E-state index in [0.29, 0.717) is 12.1 Å². The smallest absolute Gasteiger partial charge is 0.291 e. The highest BCUT2D eigenvalue weighted by Crippen LogP contribution is 2.23. The molecule has 0 atom stereocenters. The maximum Gasteiger partial charge on any atom is 0.291 e. The molecule has 2 N–H and O–H groups in total. The fourth-order valence-electron chi connectivity index (χ4n) is 4.06. The molecule has 1 aliphatic heterocycles. The average molecular weight is 396 g/mol. The van der Waals surface area contributed by atoms with Crippen molar-refractivity contribution in [1.82, 2.24) is 25.0 Å². The number of aromatic nitrogens is 3. The van der Waals surface area contributed by atoms with Gasteiger partial charge in [0.1, 0.15) is 12.1 Å². The van der Waals surface area contributed by atoms with Gasteiger partial charge in [-0.2, -0.15) is 5.10 Å². The van der Waals surface area contributed by atoms with Crippen LogP contribution in [0.15, 0.2) is 29.2 Å². The molecule has 0 unspecified atom stereocenters. The number of aromatic amines is 1. The van der Waals surface area contributed by atoms with Crippen molar-refractivity contribution in [3.8, 4) is 0 Å². The van der Waals surface area contributed by atoms with Gasteiger partial charge in [0.25, 0.3) is 5.56 Å². The second-order valence-corrected chi connectivity index (χ2v) is 8.30. The molecule has 0 radical (unpaired) electrons. The molecule has 1 aliphatic rings. The molecule has 7 nitrogen and oxygen atoms in total. The van der Waals surface area contributed by atoms with E-state index in [4.69, 9.17) is 0 Å². The third-order valence-electron chi connectivity index (χ3n) is 5.91. The van der Waals surface area contributed by atoms with Crippen molar-refractivity contribution in [2.45, 2.75) is 39.7 Å². The summed E-state index contributed by atoms with van der Waals surface area (Å²) in [6.45, 7) is 8.19. The van der Waals surface area contributed by atoms with E-state index in [0.717, 1.165) is 53.8 Å². The molecular formula is C22H29N5O2. The number of rotatable bonds is 6. The lowest BCUT2D eigenvalue weighted by Crippen LogP contribution is -2.37. The van der Waals surface area contributed by atoms with Crippen LogP contribution in [0, 0.1) is 12.8 Å². The number of H-pyrrole nitrogens is 1. The van der Waals surface area contributed by atoms with Gasteiger partial charge in [0.15, 0.2) is 0 Å². The van der Waals surface area contributed by atoms with E-state index < -0.39 is 0 Å². The number of nitrogens with zero attached hydrogens (tertiary/aromatic N) is 3. The molecule has 1 amide bonds. The van der Waals surface area contributed by atoms with Crippen molar-refractivity contribution < 1.29 is 4.79 Å². The van der Waals surface area contributed by atoms with Gasteiger partial charge in [0, 0.05) is 22.8 Å². The Balaban J connectivity index is 1.35. The molecule has 4 rings (SSSR count). The number of hydrogen-bond donors (Lipinski definition) is 2. The molecule has 0 aliphatic carbocycles. The van der Waals surface area contributed by atoms with Gasteiger partial charge in [-0.3, -0.25) is 9.59 Å². The van der Waals surface area contributed by atoms with Crippen molar-refractivity contribution >= 4 is 27.7 Å². The molecule has 29 heavy (non-hydrogen) atoms. The number of nitrogens with one attached hydrogen (secondary N) is 2. The van der Waals surface area contributed by atoms with E-state index in [1.807, 2.05) is 25.1 Å². The minimum atomic E-state index is -0.270. The number of hydrogen-bond acceptors (Lipinski definition) is 4. The Morgan fingerprint density at radius 2 is 2.07 bits per heavy atom. The van der Waals surface area contributed by atoms with Crippen LogP contribution in [0.5, 0.6) is 0 Å². The minimum Gasteiger partial charge on any atom is -0.354 e. The molecule has 7 heteroatoms. The van der Waals surface area contributed by atoms with Crippen LogP contribution >= 0.6 is 0 Å². The predicted octanol–water partition coefficient (Wildman–Crippen LogP) is 2.42. The van der Waals surface area contributed by atoms with Crippen LogP contribution in [-0.2, 0) is 11.3 Å². The van der Waals surface area contributed by atoms with Crippen molar-refractivity contribution in [3.63, 3.8) is 0 Å². The zero-order chi connectivity index (χ0) is 20.4. The van der Waals surface area contributed by atoms with Gasteiger partial charge in [-0.25, -0.2) is 4.68 Å². The topological polar surface area (TPSA) is 83.0 Å². The monoisotopic (exact) mass is 395 g/mol. The first-order valence-electron chi connectivity index (χ1n) is 10.5. The molecule has 1 saturated heterocycles. The summed E-state index contributed by atoms with van der Waals surface area (Å²) >= 11 is 0. The van der Waals surface area contributed by atoms with E-state index in [-0.39, 0.29) is 18.0 Å². The highest BCUT2D eigenvalue weighted by molar-refractivity contribution is 6.06. The summed E-state index contributed by atoms with van der Waals surface area (Å²) in [5.74, 6) is 0.647. The summed E-state index contributed by atoms with van der Waals surface area (Å²) in [7, 11) is 0. The molecule has 1 aromatic carbocycles. The number of piperidine rings is 1. The highest BCUT2D eigenvalue weighted by atomic mass is 16.2. The van der Waals surface area contributed by atoms with E-state index in [1.54, 1.807) is 6.20 Å². The van der Waals surface area contributed by atoms with E-state index >= 15 is 0 Å². The van der Waals surface area contributed by atoms with Gasteiger partial charge in [0.05, 0.1) is 6.20 Å². The summed E-state index contributed by atoms with van der Waals surface area (Å²) in [4.78, 5) is 30.7. The average Bonchev–Trinajstić information content (AvgIpc) is 3.07. The van der Waals surface area contributed by atoms with Crippen LogP contribution < -0.4 is 10.9 Å². The van der Waals surface area contributed by atoms with Crippen molar-refractivity contribution in [1.29, 1.82) is 0 Å². The second-order valence-electron chi connectivity index (χ2n) is 8.30. The largest absolute Gasteiger partial charge is 0.354 e. The quantitative estimate of drug-likeness (QED) is 0.628. The predicted molar refractivity (Wildman–Crippen MR) is 115 cm³/mol. The zero-order valence-corrected chi connectivity index (χ0v) is 17.2. The molecule has 2 aromatic heterocycles. The van der Waals surface area contributed by atoms with Gasteiger partial charge in [-0.05, 0) is 63.9 Å². The maximum atomic E-state index is 12.8. The number of amides is 1. The fraction of sp³-hybridized carbons (Fsp3) is 0.500. The van der Waals surface area contributed by atoms with Crippen LogP contribution in [0.3, 0.4) is 0 Å². The van der Waals surface area contributed by atoms with E-state index in [2.05, 4.69) is 27.2 Å². The number of carbonyl (C=O) groups is 1. The standard InChI is InChI=1S/C22H29N5O2/c1-15-6-10-26(11-7-15)9-3-8-23-20(28)14-27-22(29)21-18(13-24-27)17-12-16(2)4-5-19(17)25-21/h4-5,12-13,15,25H,3,6-11,14H2,1-2H3,(H,23,28). The van der Waals surface area contributed by atoms with Crippen molar-refractivity contribution in [2.75, 3.05) is 26.2 Å². The lowest BCUT2D eigenvalue weighted by Gasteiger charge is -2.30. The molecule has 0 saturated carbocycles. The van der Waals surface area contributed by atoms with Crippen LogP contribution in [0.25, 0.3) is 21.8 Å². The van der Waals surface area contributed by atoms with Gasteiger partial charge < -0.3 is 15.2 Å². The molecule has 0 spiro atoms. The number of carbonyl (C=O) groups excluding carboxylic acids is 1. The summed E-state index contributed by atoms with van der Waals surface area (Å²) < 4.78 is 1.23. The summed E-state index contributed by atoms with van der Waals surface area (Å²) in [6, 6.07) is 6.00. The Morgan fingerprint density at radius 1 is 1.28 bits per heavy atom. The van der Waals surface area contributed by atoms with Crippen LogP contribution in [0.2, 0.25) is 0 Å². The van der Waals surface area contributed by atoms with Crippen molar-refractivity contribution in [3.05, 3.63) is 40.3 Å². The van der Waals surface area contributed by atoms with E-state index in [1.165, 1.54) is 17.5 Å². The maximum absolute atomic E-state index is 12.8. The van der Waals surface area contributed by atoms with E-state index in [9.17, 15) is 9.59 Å². The molecular weight excluding hydrogens is 366 g/mol. The third-order valence-corrected chi connectivity index (χ3v) is 5.91. The number of benzene rings is 1. The molecule has 3 aromatic rings.